The highest BCUT2D eigenvalue weighted by Gasteiger charge is 2.06. The van der Waals surface area contributed by atoms with Gasteiger partial charge >= 0.3 is 0 Å². The molecule has 0 saturated heterocycles. The second kappa shape index (κ2) is 6.98. The quantitative estimate of drug-likeness (QED) is 0.770. The van der Waals surface area contributed by atoms with E-state index in [1.807, 2.05) is 0 Å². The molecule has 0 saturated carbocycles. The maximum absolute atomic E-state index is 12.8. The summed E-state index contributed by atoms with van der Waals surface area (Å²) in [4.78, 5) is 24.5. The number of aryl methyl sites for hydroxylation is 1. The summed E-state index contributed by atoms with van der Waals surface area (Å²) < 4.78 is 12.8. The molecule has 0 fully saturated rings. The van der Waals surface area contributed by atoms with Crippen LogP contribution in [0.4, 0.5) is 4.39 Å². The molecule has 21 heavy (non-hydrogen) atoms. The summed E-state index contributed by atoms with van der Waals surface area (Å²) in [5, 5.41) is 18.2. The molecule has 110 valence electrons. The van der Waals surface area contributed by atoms with E-state index in [2.05, 4.69) is 15.2 Å². The molecule has 2 rings (SSSR count). The maximum atomic E-state index is 12.8. The molecule has 0 aliphatic carbocycles. The van der Waals surface area contributed by atoms with E-state index in [0.29, 0.717) is 10.9 Å². The van der Waals surface area contributed by atoms with E-state index in [4.69, 9.17) is 0 Å². The molecule has 0 unspecified atom stereocenters. The molecular weight excluding hydrogens is 297 g/mol. The van der Waals surface area contributed by atoms with Crippen molar-refractivity contribution < 1.29 is 14.3 Å². The van der Waals surface area contributed by atoms with Crippen molar-refractivity contribution >= 4 is 17.7 Å². The third-order valence-electron chi connectivity index (χ3n) is 2.60. The molecule has 0 aliphatic heterocycles. The Morgan fingerprint density at radius 2 is 2.00 bits per heavy atom. The van der Waals surface area contributed by atoms with Crippen LogP contribution in [0.3, 0.4) is 0 Å². The fourth-order valence-corrected chi connectivity index (χ4v) is 2.29. The number of carbonyl (C=O) groups excluding carboxylic acids is 1. The lowest BCUT2D eigenvalue weighted by Crippen LogP contribution is -2.25. The molecule has 0 amide bonds. The summed E-state index contributed by atoms with van der Waals surface area (Å²) in [6, 6.07) is 5.99. The Morgan fingerprint density at radius 1 is 1.29 bits per heavy atom. The van der Waals surface area contributed by atoms with Gasteiger partial charge < -0.3 is 9.90 Å². The third-order valence-corrected chi connectivity index (χ3v) is 3.53. The number of rotatable bonds is 6. The van der Waals surface area contributed by atoms with Crippen LogP contribution in [0.25, 0.3) is 0 Å². The van der Waals surface area contributed by atoms with Gasteiger partial charge in [0.15, 0.2) is 5.16 Å². The molecule has 1 aromatic carbocycles. The number of carboxylic acids is 1. The van der Waals surface area contributed by atoms with Crippen LogP contribution < -0.4 is 10.7 Å². The number of halogens is 1. The van der Waals surface area contributed by atoms with Crippen molar-refractivity contribution in [2.45, 2.75) is 23.8 Å². The number of benzene rings is 1. The van der Waals surface area contributed by atoms with Gasteiger partial charge in [0.2, 0.25) is 0 Å². The summed E-state index contributed by atoms with van der Waals surface area (Å²) >= 11 is 1.25. The molecule has 0 spiro atoms. The number of carboxylic acid groups (broad SMARTS) is 1. The zero-order chi connectivity index (χ0) is 15.2. The first-order valence-corrected chi connectivity index (χ1v) is 7.06. The van der Waals surface area contributed by atoms with Crippen LogP contribution >= 0.6 is 11.8 Å². The molecule has 0 atom stereocenters. The zero-order valence-corrected chi connectivity index (χ0v) is 11.7. The number of hydrogen-bond donors (Lipinski definition) is 1. The molecule has 1 heterocycles. The lowest BCUT2D eigenvalue weighted by Gasteiger charge is -2.03. The molecule has 0 aliphatic rings. The number of aromatic nitrogens is 3. The van der Waals surface area contributed by atoms with Gasteiger partial charge in [0, 0.05) is 18.1 Å². The standard InChI is InChI=1S/C13H12FN3O3S/c14-9-3-1-8(2-4-9)7-21-13-15-12(20)10(16-17-13)5-6-11(18)19/h1-4H,5-7H2,(H,18,19)(H,15,17,20)/p-1. The maximum Gasteiger partial charge on any atom is 0.273 e. The summed E-state index contributed by atoms with van der Waals surface area (Å²) in [6.45, 7) is 0. The smallest absolute Gasteiger partial charge is 0.273 e. The Kier molecular flexibility index (Phi) is 5.04. The normalized spacial score (nSPS) is 10.5. The van der Waals surface area contributed by atoms with E-state index in [1.165, 1.54) is 23.9 Å². The van der Waals surface area contributed by atoms with Gasteiger partial charge in [0.25, 0.3) is 5.56 Å². The minimum absolute atomic E-state index is 0.0203. The molecule has 1 aromatic heterocycles. The highest BCUT2D eigenvalue weighted by molar-refractivity contribution is 7.98. The van der Waals surface area contributed by atoms with Gasteiger partial charge in [0.05, 0.1) is 0 Å². The van der Waals surface area contributed by atoms with Gasteiger partial charge in [-0.15, -0.1) is 10.2 Å². The van der Waals surface area contributed by atoms with Crippen molar-refractivity contribution in [2.24, 2.45) is 0 Å². The molecule has 1 N–H and O–H groups in total. The summed E-state index contributed by atoms with van der Waals surface area (Å²) in [6.07, 6.45) is -0.298. The van der Waals surface area contributed by atoms with Gasteiger partial charge in [-0.2, -0.15) is 0 Å². The van der Waals surface area contributed by atoms with Gasteiger partial charge in [-0.1, -0.05) is 23.9 Å². The largest absolute Gasteiger partial charge is 0.550 e. The molecule has 6 nitrogen and oxygen atoms in total. The fraction of sp³-hybridized carbons (Fsp3) is 0.231. The third kappa shape index (κ3) is 4.67. The first kappa shape index (κ1) is 15.2. The molecular formula is C13H11FN3O3S-. The topological polar surface area (TPSA) is 98.8 Å². The Balaban J connectivity index is 1.98. The average molecular weight is 308 g/mol. The Bertz CT molecular complexity index is 688. The first-order valence-electron chi connectivity index (χ1n) is 6.07. The van der Waals surface area contributed by atoms with Gasteiger partial charge in [-0.05, 0) is 24.1 Å². The second-order valence-electron chi connectivity index (χ2n) is 4.19. The van der Waals surface area contributed by atoms with E-state index in [9.17, 15) is 19.1 Å². The van der Waals surface area contributed by atoms with Gasteiger partial charge in [-0.25, -0.2) is 4.39 Å². The Morgan fingerprint density at radius 3 is 2.62 bits per heavy atom. The minimum atomic E-state index is -1.24. The number of aliphatic carboxylic acids is 1. The monoisotopic (exact) mass is 308 g/mol. The number of carbonyl (C=O) groups is 1. The van der Waals surface area contributed by atoms with E-state index < -0.39 is 11.5 Å². The predicted molar refractivity (Wildman–Crippen MR) is 71.9 cm³/mol. The molecule has 0 radical (unpaired) electrons. The van der Waals surface area contributed by atoms with Crippen LogP contribution in [-0.4, -0.2) is 21.2 Å². The highest BCUT2D eigenvalue weighted by Crippen LogP contribution is 2.17. The summed E-state index contributed by atoms with van der Waals surface area (Å²) in [7, 11) is 0. The number of H-pyrrole nitrogens is 1. The number of thioether (sulfide) groups is 1. The summed E-state index contributed by atoms with van der Waals surface area (Å²) in [5.74, 6) is -1.05. The van der Waals surface area contributed by atoms with E-state index in [0.717, 1.165) is 5.56 Å². The SMILES string of the molecule is O=C([O-])CCc1nnc(SCc2ccc(F)cc2)[nH]c1=O. The average Bonchev–Trinajstić information content (AvgIpc) is 2.45. The fourth-order valence-electron chi connectivity index (χ4n) is 1.53. The number of hydrogen-bond acceptors (Lipinski definition) is 6. The summed E-state index contributed by atoms with van der Waals surface area (Å²) in [5.41, 5.74) is 0.475. The van der Waals surface area contributed by atoms with Crippen LogP contribution in [0.5, 0.6) is 0 Å². The lowest BCUT2D eigenvalue weighted by atomic mass is 10.2. The van der Waals surface area contributed by atoms with Crippen LogP contribution in [0, 0.1) is 5.82 Å². The van der Waals surface area contributed by atoms with Crippen LogP contribution in [0.2, 0.25) is 0 Å². The van der Waals surface area contributed by atoms with Crippen molar-refractivity contribution in [3.63, 3.8) is 0 Å². The molecule has 2 aromatic rings. The first-order chi connectivity index (χ1) is 10.0. The second-order valence-corrected chi connectivity index (χ2v) is 5.16. The van der Waals surface area contributed by atoms with Gasteiger partial charge in [0.1, 0.15) is 11.5 Å². The van der Waals surface area contributed by atoms with E-state index in [1.54, 1.807) is 12.1 Å². The van der Waals surface area contributed by atoms with Crippen molar-refractivity contribution in [1.82, 2.24) is 15.2 Å². The molecule has 0 bridgehead atoms. The lowest BCUT2D eigenvalue weighted by molar-refractivity contribution is -0.305. The number of nitrogens with one attached hydrogen (secondary N) is 1. The van der Waals surface area contributed by atoms with Gasteiger partial charge in [-0.3, -0.25) is 9.78 Å². The predicted octanol–water partition coefficient (Wildman–Crippen LogP) is 0.279. The van der Waals surface area contributed by atoms with Crippen molar-refractivity contribution in [1.29, 1.82) is 0 Å². The minimum Gasteiger partial charge on any atom is -0.550 e. The van der Waals surface area contributed by atoms with Crippen molar-refractivity contribution in [2.75, 3.05) is 0 Å². The number of aromatic amines is 1. The van der Waals surface area contributed by atoms with Crippen molar-refractivity contribution in [3.8, 4) is 0 Å². The van der Waals surface area contributed by atoms with Crippen molar-refractivity contribution in [3.05, 3.63) is 51.7 Å². The Hall–Kier alpha value is -2.22. The highest BCUT2D eigenvalue weighted by atomic mass is 32.2. The van der Waals surface area contributed by atoms with Crippen LogP contribution in [0.15, 0.2) is 34.2 Å². The van der Waals surface area contributed by atoms with E-state index in [-0.39, 0.29) is 24.4 Å². The number of nitrogens with zero attached hydrogens (tertiary/aromatic N) is 2. The molecule has 8 heteroatoms. The zero-order valence-electron chi connectivity index (χ0n) is 10.8. The van der Waals surface area contributed by atoms with Crippen LogP contribution in [0.1, 0.15) is 17.7 Å². The Labute approximate surface area is 123 Å². The van der Waals surface area contributed by atoms with Crippen LogP contribution in [-0.2, 0) is 17.0 Å². The van der Waals surface area contributed by atoms with E-state index >= 15 is 0 Å².